The summed E-state index contributed by atoms with van der Waals surface area (Å²) in [5, 5.41) is 47.3. The first-order chi connectivity index (χ1) is 10.0. The third-order valence-electron chi connectivity index (χ3n) is 3.46. The van der Waals surface area contributed by atoms with Gasteiger partial charge in [0.1, 0.15) is 30.2 Å². The molecule has 118 valence electrons. The number of hydrogen-bond donors (Lipinski definition) is 5. The fraction of sp³-hybridized carbons (Fsp3) is 0.571. The summed E-state index contributed by atoms with van der Waals surface area (Å²) in [7, 11) is 0. The highest BCUT2D eigenvalue weighted by atomic mass is 16.7. The first-order valence-corrected chi connectivity index (χ1v) is 6.73. The Kier molecular flexibility index (Phi) is 5.51. The third kappa shape index (κ3) is 3.91. The van der Waals surface area contributed by atoms with Crippen molar-refractivity contribution in [2.75, 3.05) is 13.2 Å². The van der Waals surface area contributed by atoms with Crippen molar-refractivity contribution in [1.29, 1.82) is 0 Å². The molecule has 0 amide bonds. The molecule has 0 unspecified atom stereocenters. The predicted molar refractivity (Wildman–Crippen MR) is 71.5 cm³/mol. The van der Waals surface area contributed by atoms with E-state index in [0.717, 1.165) is 5.56 Å². The Hall–Kier alpha value is -1.22. The lowest BCUT2D eigenvalue weighted by Crippen LogP contribution is -2.59. The van der Waals surface area contributed by atoms with Crippen LogP contribution in [-0.4, -0.2) is 69.5 Å². The minimum atomic E-state index is -1.44. The number of rotatable bonds is 5. The van der Waals surface area contributed by atoms with E-state index in [1.165, 1.54) is 0 Å². The minimum absolute atomic E-state index is 0.175. The van der Waals surface area contributed by atoms with E-state index in [4.69, 9.17) is 14.6 Å². The van der Waals surface area contributed by atoms with Gasteiger partial charge in [-0.05, 0) is 24.1 Å². The minimum Gasteiger partial charge on any atom is -0.508 e. The molecule has 0 spiro atoms. The van der Waals surface area contributed by atoms with E-state index in [2.05, 4.69) is 0 Å². The molecule has 1 fully saturated rings. The Bertz CT molecular complexity index is 433. The summed E-state index contributed by atoms with van der Waals surface area (Å²) in [4.78, 5) is 0. The van der Waals surface area contributed by atoms with Crippen LogP contribution in [0.2, 0.25) is 0 Å². The number of aliphatic hydroxyl groups excluding tert-OH is 4. The van der Waals surface area contributed by atoms with E-state index in [0.29, 0.717) is 6.42 Å². The quantitative estimate of drug-likeness (QED) is 0.461. The lowest BCUT2D eigenvalue weighted by atomic mass is 9.99. The molecular formula is C14H20O7. The van der Waals surface area contributed by atoms with Crippen LogP contribution in [0.1, 0.15) is 5.56 Å². The Labute approximate surface area is 122 Å². The Morgan fingerprint density at radius 3 is 2.29 bits per heavy atom. The van der Waals surface area contributed by atoms with Crippen LogP contribution in [0.25, 0.3) is 0 Å². The first-order valence-electron chi connectivity index (χ1n) is 6.73. The zero-order valence-corrected chi connectivity index (χ0v) is 11.4. The van der Waals surface area contributed by atoms with Crippen molar-refractivity contribution >= 4 is 0 Å². The van der Waals surface area contributed by atoms with Crippen molar-refractivity contribution in [1.82, 2.24) is 0 Å². The van der Waals surface area contributed by atoms with Crippen LogP contribution in [0, 0.1) is 0 Å². The molecule has 0 saturated carbocycles. The van der Waals surface area contributed by atoms with Crippen LogP contribution in [0.4, 0.5) is 0 Å². The van der Waals surface area contributed by atoms with Crippen molar-refractivity contribution in [2.45, 2.75) is 37.1 Å². The second kappa shape index (κ2) is 7.17. The lowest BCUT2D eigenvalue weighted by Gasteiger charge is -2.39. The monoisotopic (exact) mass is 300 g/mol. The zero-order chi connectivity index (χ0) is 15.4. The number of aromatic hydroxyl groups is 1. The molecule has 0 bridgehead atoms. The SMILES string of the molecule is OC[C@H]1O[C@@H](OCCc2ccc(O)cc2)[C@@H](O)[C@@H](O)[C@@H]1O. The standard InChI is InChI=1S/C14H20O7/c15-7-10-11(17)12(18)13(19)14(21-10)20-6-5-8-1-3-9(16)4-2-8/h1-4,10-19H,5-7H2/t10-,11-,12+,13+,14-/m1/s1. The van der Waals surface area contributed by atoms with Crippen molar-refractivity contribution in [3.63, 3.8) is 0 Å². The molecule has 1 aromatic rings. The number of hydrogen-bond acceptors (Lipinski definition) is 7. The van der Waals surface area contributed by atoms with Crippen molar-refractivity contribution in [3.8, 4) is 5.75 Å². The van der Waals surface area contributed by atoms with Crippen molar-refractivity contribution in [2.24, 2.45) is 0 Å². The normalized spacial score (nSPS) is 33.0. The van der Waals surface area contributed by atoms with Gasteiger partial charge in [-0.15, -0.1) is 0 Å². The van der Waals surface area contributed by atoms with Crippen LogP contribution in [0.5, 0.6) is 5.75 Å². The smallest absolute Gasteiger partial charge is 0.186 e. The number of ether oxygens (including phenoxy) is 2. The Morgan fingerprint density at radius 1 is 1.00 bits per heavy atom. The maximum Gasteiger partial charge on any atom is 0.186 e. The second-order valence-electron chi connectivity index (χ2n) is 4.98. The van der Waals surface area contributed by atoms with Crippen LogP contribution in [0.15, 0.2) is 24.3 Å². The molecule has 7 nitrogen and oxygen atoms in total. The summed E-state index contributed by atoms with van der Waals surface area (Å²) in [5.74, 6) is 0.175. The summed E-state index contributed by atoms with van der Waals surface area (Å²) in [6.07, 6.45) is -5.77. The van der Waals surface area contributed by atoms with Gasteiger partial charge in [-0.1, -0.05) is 12.1 Å². The molecule has 1 heterocycles. The highest BCUT2D eigenvalue weighted by Crippen LogP contribution is 2.22. The maximum absolute atomic E-state index is 9.78. The third-order valence-corrected chi connectivity index (χ3v) is 3.46. The summed E-state index contributed by atoms with van der Waals surface area (Å²) in [6.45, 7) is -0.268. The molecule has 1 aromatic carbocycles. The molecule has 0 aromatic heterocycles. The van der Waals surface area contributed by atoms with Gasteiger partial charge in [-0.3, -0.25) is 0 Å². The average molecular weight is 300 g/mol. The van der Waals surface area contributed by atoms with Crippen LogP contribution in [0.3, 0.4) is 0 Å². The molecule has 5 atom stereocenters. The molecule has 7 heteroatoms. The number of aliphatic hydroxyl groups is 4. The summed E-state index contributed by atoms with van der Waals surface area (Å²) in [5.41, 5.74) is 0.928. The summed E-state index contributed by atoms with van der Waals surface area (Å²) >= 11 is 0. The predicted octanol–water partition coefficient (Wildman–Crippen LogP) is -1.25. The average Bonchev–Trinajstić information content (AvgIpc) is 2.49. The van der Waals surface area contributed by atoms with Gasteiger partial charge in [-0.25, -0.2) is 0 Å². The van der Waals surface area contributed by atoms with Gasteiger partial charge in [0.05, 0.1) is 13.2 Å². The molecule has 1 saturated heterocycles. The van der Waals surface area contributed by atoms with Crippen LogP contribution < -0.4 is 0 Å². The van der Waals surface area contributed by atoms with Gasteiger partial charge in [0, 0.05) is 0 Å². The van der Waals surface area contributed by atoms with Gasteiger partial charge in [-0.2, -0.15) is 0 Å². The summed E-state index contributed by atoms with van der Waals surface area (Å²) < 4.78 is 10.6. The zero-order valence-electron chi connectivity index (χ0n) is 11.4. The molecule has 2 rings (SSSR count). The van der Waals surface area contributed by atoms with Gasteiger partial charge in [0.15, 0.2) is 6.29 Å². The molecule has 5 N–H and O–H groups in total. The van der Waals surface area contributed by atoms with E-state index in [1.807, 2.05) is 0 Å². The molecule has 1 aliphatic heterocycles. The summed E-state index contributed by atoms with van der Waals surface area (Å²) in [6, 6.07) is 6.60. The second-order valence-corrected chi connectivity index (χ2v) is 4.98. The molecule has 0 radical (unpaired) electrons. The van der Waals surface area contributed by atoms with Crippen molar-refractivity contribution < 1.29 is 35.0 Å². The number of benzene rings is 1. The topological polar surface area (TPSA) is 120 Å². The van der Waals surface area contributed by atoms with Gasteiger partial charge in [0.2, 0.25) is 0 Å². The Balaban J connectivity index is 1.85. The van der Waals surface area contributed by atoms with Gasteiger partial charge < -0.3 is 35.0 Å². The molecule has 21 heavy (non-hydrogen) atoms. The highest BCUT2D eigenvalue weighted by Gasteiger charge is 2.43. The van der Waals surface area contributed by atoms with Gasteiger partial charge >= 0.3 is 0 Å². The fourth-order valence-corrected chi connectivity index (χ4v) is 2.16. The number of phenols is 1. The van der Waals surface area contributed by atoms with E-state index < -0.39 is 37.3 Å². The molecule has 1 aliphatic rings. The van der Waals surface area contributed by atoms with Crippen LogP contribution in [-0.2, 0) is 15.9 Å². The number of phenolic OH excluding ortho intramolecular Hbond substituents is 1. The molecular weight excluding hydrogens is 280 g/mol. The van der Waals surface area contributed by atoms with Crippen molar-refractivity contribution in [3.05, 3.63) is 29.8 Å². The lowest BCUT2D eigenvalue weighted by molar-refractivity contribution is -0.300. The van der Waals surface area contributed by atoms with E-state index in [-0.39, 0.29) is 12.4 Å². The highest BCUT2D eigenvalue weighted by molar-refractivity contribution is 5.25. The van der Waals surface area contributed by atoms with Crippen LogP contribution >= 0.6 is 0 Å². The first kappa shape index (κ1) is 16.2. The molecule has 0 aliphatic carbocycles. The largest absolute Gasteiger partial charge is 0.508 e. The van der Waals surface area contributed by atoms with E-state index in [9.17, 15) is 20.4 Å². The van der Waals surface area contributed by atoms with Gasteiger partial charge in [0.25, 0.3) is 0 Å². The van der Waals surface area contributed by atoms with E-state index >= 15 is 0 Å². The maximum atomic E-state index is 9.78. The van der Waals surface area contributed by atoms with E-state index in [1.54, 1.807) is 24.3 Å². The Morgan fingerprint density at radius 2 is 1.67 bits per heavy atom. The fourth-order valence-electron chi connectivity index (χ4n) is 2.16.